The predicted octanol–water partition coefficient (Wildman–Crippen LogP) is 4.10. The lowest BCUT2D eigenvalue weighted by atomic mass is 10.0. The van der Waals surface area contributed by atoms with Crippen LogP contribution in [-0.4, -0.2) is 73.7 Å². The maximum absolute atomic E-state index is 12.7. The van der Waals surface area contributed by atoms with E-state index in [-0.39, 0.29) is 25.6 Å². The molecule has 3 rings (SSSR count). The van der Waals surface area contributed by atoms with E-state index in [1.807, 2.05) is 35.2 Å². The molecule has 10 heteroatoms. The van der Waals surface area contributed by atoms with E-state index >= 15 is 0 Å². The number of carbonyl (C=O) groups excluding carboxylic acids is 2. The van der Waals surface area contributed by atoms with E-state index in [0.717, 1.165) is 5.56 Å². The van der Waals surface area contributed by atoms with E-state index in [1.165, 1.54) is 16.2 Å². The fourth-order valence-electron chi connectivity index (χ4n) is 3.65. The largest absolute Gasteiger partial charge is 0.462 e. The number of halogens is 3. The van der Waals surface area contributed by atoms with Gasteiger partial charge >= 0.3 is 12.1 Å². The summed E-state index contributed by atoms with van der Waals surface area (Å²) in [5.41, 5.74) is 1.83. The summed E-state index contributed by atoms with van der Waals surface area (Å²) in [5, 5.41) is 5.01. The van der Waals surface area contributed by atoms with Crippen molar-refractivity contribution in [3.05, 3.63) is 41.3 Å². The number of hydrogen-bond donors (Lipinski definition) is 1. The van der Waals surface area contributed by atoms with Crippen LogP contribution >= 0.6 is 11.3 Å². The number of hydrogen-bond acceptors (Lipinski definition) is 6. The Balaban J connectivity index is 1.67. The highest BCUT2D eigenvalue weighted by Crippen LogP contribution is 2.36. The summed E-state index contributed by atoms with van der Waals surface area (Å²) in [7, 11) is 0. The number of nitrogens with zero attached hydrogens (tertiary/aromatic N) is 2. The van der Waals surface area contributed by atoms with Crippen LogP contribution in [0.15, 0.2) is 35.7 Å². The van der Waals surface area contributed by atoms with Crippen LogP contribution in [0.5, 0.6) is 0 Å². The third-order valence-electron chi connectivity index (χ3n) is 5.06. The van der Waals surface area contributed by atoms with Gasteiger partial charge in [0.15, 0.2) is 0 Å². The normalized spacial score (nSPS) is 15.9. The van der Waals surface area contributed by atoms with Gasteiger partial charge in [-0.1, -0.05) is 30.3 Å². The van der Waals surface area contributed by atoms with Crippen molar-refractivity contribution < 1.29 is 27.5 Å². The number of anilines is 1. The molecule has 1 aromatic heterocycles. The molecule has 0 bridgehead atoms. The minimum atomic E-state index is -4.23. The summed E-state index contributed by atoms with van der Waals surface area (Å²) < 4.78 is 43.1. The summed E-state index contributed by atoms with van der Waals surface area (Å²) in [5.74, 6) is -0.832. The van der Waals surface area contributed by atoms with Crippen molar-refractivity contribution in [2.45, 2.75) is 19.5 Å². The zero-order valence-corrected chi connectivity index (χ0v) is 18.6. The molecule has 1 fully saturated rings. The lowest BCUT2D eigenvalue weighted by Crippen LogP contribution is -2.39. The molecule has 2 heterocycles. The van der Waals surface area contributed by atoms with Crippen LogP contribution < -0.4 is 5.32 Å². The Morgan fingerprint density at radius 2 is 1.78 bits per heavy atom. The number of nitrogens with one attached hydrogen (secondary N) is 1. The second kappa shape index (κ2) is 10.9. The molecule has 6 nitrogen and oxygen atoms in total. The number of alkyl halides is 3. The summed E-state index contributed by atoms with van der Waals surface area (Å²) in [6, 6.07) is 9.35. The molecule has 0 saturated carbocycles. The Morgan fingerprint density at radius 3 is 2.47 bits per heavy atom. The molecule has 1 aliphatic rings. The van der Waals surface area contributed by atoms with Crippen molar-refractivity contribution in [1.29, 1.82) is 0 Å². The lowest BCUT2D eigenvalue weighted by molar-refractivity contribution is -0.145. The number of ether oxygens (including phenoxy) is 1. The number of thiophene rings is 1. The van der Waals surface area contributed by atoms with Crippen LogP contribution in [0.25, 0.3) is 11.1 Å². The minimum absolute atomic E-state index is 0.0424. The highest BCUT2D eigenvalue weighted by atomic mass is 32.1. The topological polar surface area (TPSA) is 61.9 Å². The van der Waals surface area contributed by atoms with Crippen LogP contribution in [0.4, 0.5) is 18.2 Å². The molecule has 0 atom stereocenters. The second-order valence-electron chi connectivity index (χ2n) is 7.51. The number of benzene rings is 1. The third-order valence-corrected chi connectivity index (χ3v) is 5.96. The SMILES string of the molecule is CCOC(=O)c1c(-c2ccccc2)csc1NC(=O)CN1CCCN(CC(F)(F)F)CC1. The van der Waals surface area contributed by atoms with Crippen molar-refractivity contribution in [1.82, 2.24) is 9.80 Å². The first-order valence-corrected chi connectivity index (χ1v) is 11.3. The van der Waals surface area contributed by atoms with Gasteiger partial charge < -0.3 is 10.1 Å². The van der Waals surface area contributed by atoms with E-state index in [2.05, 4.69) is 5.32 Å². The Labute approximate surface area is 189 Å². The molecule has 0 spiro atoms. The number of esters is 1. The predicted molar refractivity (Wildman–Crippen MR) is 118 cm³/mol. The average Bonchev–Trinajstić information content (AvgIpc) is 3.03. The van der Waals surface area contributed by atoms with Gasteiger partial charge in [0.05, 0.1) is 19.7 Å². The molecule has 32 heavy (non-hydrogen) atoms. The lowest BCUT2D eigenvalue weighted by Gasteiger charge is -2.22. The quantitative estimate of drug-likeness (QED) is 0.619. The molecule has 174 valence electrons. The molecule has 0 radical (unpaired) electrons. The first-order chi connectivity index (χ1) is 15.3. The molecular weight excluding hydrogens is 443 g/mol. The summed E-state index contributed by atoms with van der Waals surface area (Å²) in [4.78, 5) is 28.5. The van der Waals surface area contributed by atoms with Crippen LogP contribution in [0.2, 0.25) is 0 Å². The zero-order chi connectivity index (χ0) is 23.1. The standard InChI is InChI=1S/C22H26F3N3O3S/c1-2-31-21(30)19-17(16-7-4-3-5-8-16)14-32-20(19)26-18(29)13-27-9-6-10-28(12-11-27)15-22(23,24)25/h3-5,7-8,14H,2,6,9-13,15H2,1H3,(H,26,29). The highest BCUT2D eigenvalue weighted by Gasteiger charge is 2.31. The summed E-state index contributed by atoms with van der Waals surface area (Å²) in [6.07, 6.45) is -3.68. The van der Waals surface area contributed by atoms with Crippen molar-refractivity contribution in [3.8, 4) is 11.1 Å². The van der Waals surface area contributed by atoms with Crippen LogP contribution in [0, 0.1) is 0 Å². The minimum Gasteiger partial charge on any atom is -0.462 e. The first-order valence-electron chi connectivity index (χ1n) is 10.4. The van der Waals surface area contributed by atoms with Gasteiger partial charge in [0, 0.05) is 24.0 Å². The van der Waals surface area contributed by atoms with Gasteiger partial charge in [-0.3, -0.25) is 14.6 Å². The van der Waals surface area contributed by atoms with Crippen molar-refractivity contribution in [2.75, 3.05) is 51.2 Å². The number of carbonyl (C=O) groups is 2. The van der Waals surface area contributed by atoms with Crippen molar-refractivity contribution in [2.24, 2.45) is 0 Å². The molecule has 0 aliphatic carbocycles. The highest BCUT2D eigenvalue weighted by molar-refractivity contribution is 7.15. The Hall–Kier alpha value is -2.43. The van der Waals surface area contributed by atoms with Gasteiger partial charge in [-0.05, 0) is 32.0 Å². The zero-order valence-electron chi connectivity index (χ0n) is 17.8. The van der Waals surface area contributed by atoms with Gasteiger partial charge in [-0.2, -0.15) is 13.2 Å². The smallest absolute Gasteiger partial charge is 0.401 e. The Morgan fingerprint density at radius 1 is 1.09 bits per heavy atom. The third kappa shape index (κ3) is 6.78. The monoisotopic (exact) mass is 469 g/mol. The van der Waals surface area contributed by atoms with E-state index in [9.17, 15) is 22.8 Å². The van der Waals surface area contributed by atoms with Gasteiger partial charge in [0.1, 0.15) is 10.6 Å². The maximum Gasteiger partial charge on any atom is 0.401 e. The second-order valence-corrected chi connectivity index (χ2v) is 8.39. The van der Waals surface area contributed by atoms with E-state index in [0.29, 0.717) is 42.2 Å². The molecule has 1 N–H and O–H groups in total. The van der Waals surface area contributed by atoms with Gasteiger partial charge in [-0.15, -0.1) is 11.3 Å². The number of rotatable bonds is 7. The van der Waals surface area contributed by atoms with Crippen LogP contribution in [0.1, 0.15) is 23.7 Å². The Bertz CT molecular complexity index is 918. The Kier molecular flexibility index (Phi) is 8.27. The molecule has 1 saturated heterocycles. The van der Waals surface area contributed by atoms with E-state index in [4.69, 9.17) is 4.74 Å². The van der Waals surface area contributed by atoms with Crippen LogP contribution in [-0.2, 0) is 9.53 Å². The first kappa shape index (κ1) is 24.2. The molecule has 1 amide bonds. The van der Waals surface area contributed by atoms with Gasteiger partial charge in [-0.25, -0.2) is 4.79 Å². The molecular formula is C22H26F3N3O3S. The van der Waals surface area contributed by atoms with Crippen molar-refractivity contribution >= 4 is 28.2 Å². The van der Waals surface area contributed by atoms with E-state index in [1.54, 1.807) is 12.3 Å². The van der Waals surface area contributed by atoms with E-state index < -0.39 is 18.7 Å². The summed E-state index contributed by atoms with van der Waals surface area (Å²) >= 11 is 1.24. The maximum atomic E-state index is 12.7. The molecule has 2 aromatic rings. The number of amides is 1. The molecule has 0 unspecified atom stereocenters. The van der Waals surface area contributed by atoms with Crippen LogP contribution in [0.3, 0.4) is 0 Å². The summed E-state index contributed by atoms with van der Waals surface area (Å²) in [6.45, 7) is 2.52. The fraction of sp³-hybridized carbons (Fsp3) is 0.455. The molecule has 1 aromatic carbocycles. The van der Waals surface area contributed by atoms with Crippen molar-refractivity contribution in [3.63, 3.8) is 0 Å². The van der Waals surface area contributed by atoms with Gasteiger partial charge in [0.25, 0.3) is 0 Å². The van der Waals surface area contributed by atoms with Gasteiger partial charge in [0.2, 0.25) is 5.91 Å². The fourth-order valence-corrected chi connectivity index (χ4v) is 4.62. The average molecular weight is 470 g/mol. The molecule has 1 aliphatic heterocycles.